The van der Waals surface area contributed by atoms with Crippen LogP contribution in [-0.2, 0) is 0 Å². The topological polar surface area (TPSA) is 66.0 Å². The van der Waals surface area contributed by atoms with Crippen molar-refractivity contribution in [3.8, 4) is 17.4 Å². The quantitative estimate of drug-likeness (QED) is 0.750. The van der Waals surface area contributed by atoms with E-state index < -0.39 is 0 Å². The van der Waals surface area contributed by atoms with Crippen molar-refractivity contribution in [1.29, 1.82) is 0 Å². The molecule has 0 spiro atoms. The number of benzene rings is 2. The molecule has 0 bridgehead atoms. The van der Waals surface area contributed by atoms with Gasteiger partial charge in [0.15, 0.2) is 5.75 Å². The van der Waals surface area contributed by atoms with Crippen LogP contribution in [0.2, 0.25) is 5.02 Å². The molecule has 0 aliphatic heterocycles. The zero-order chi connectivity index (χ0) is 13.9. The molecule has 0 atom stereocenters. The van der Waals surface area contributed by atoms with Crippen molar-refractivity contribution in [2.75, 3.05) is 5.73 Å². The van der Waals surface area contributed by atoms with E-state index in [2.05, 4.69) is 10.1 Å². The minimum atomic E-state index is 0.211. The van der Waals surface area contributed by atoms with Crippen molar-refractivity contribution in [2.45, 2.75) is 0 Å². The van der Waals surface area contributed by atoms with Gasteiger partial charge in [-0.25, -0.2) is 4.68 Å². The third-order valence-electron chi connectivity index (χ3n) is 2.67. The molecule has 20 heavy (non-hydrogen) atoms. The number of anilines is 1. The van der Waals surface area contributed by atoms with E-state index in [0.717, 1.165) is 5.69 Å². The van der Waals surface area contributed by atoms with Gasteiger partial charge in [0.05, 0.1) is 11.4 Å². The summed E-state index contributed by atoms with van der Waals surface area (Å²) in [4.78, 5) is 4.09. The lowest BCUT2D eigenvalue weighted by Gasteiger charge is -2.04. The maximum atomic E-state index is 5.90. The first-order chi connectivity index (χ1) is 9.72. The first-order valence-electron chi connectivity index (χ1n) is 5.92. The van der Waals surface area contributed by atoms with Gasteiger partial charge in [-0.15, -0.1) is 5.10 Å². The molecule has 2 N–H and O–H groups in total. The smallest absolute Gasteiger partial charge is 0.341 e. The second-order valence-corrected chi connectivity index (χ2v) is 4.53. The normalized spacial score (nSPS) is 10.4. The Labute approximate surface area is 120 Å². The van der Waals surface area contributed by atoms with Gasteiger partial charge >= 0.3 is 6.01 Å². The van der Waals surface area contributed by atoms with Crippen molar-refractivity contribution in [3.63, 3.8) is 0 Å². The van der Waals surface area contributed by atoms with E-state index in [4.69, 9.17) is 22.1 Å². The molecule has 3 aromatic rings. The number of para-hydroxylation sites is 1. The van der Waals surface area contributed by atoms with Crippen LogP contribution in [0.15, 0.2) is 54.9 Å². The third kappa shape index (κ3) is 2.57. The van der Waals surface area contributed by atoms with E-state index in [0.29, 0.717) is 16.5 Å². The van der Waals surface area contributed by atoms with Crippen molar-refractivity contribution in [2.24, 2.45) is 0 Å². The maximum Gasteiger partial charge on any atom is 0.341 e. The van der Waals surface area contributed by atoms with E-state index in [1.54, 1.807) is 29.2 Å². The van der Waals surface area contributed by atoms with Crippen LogP contribution < -0.4 is 10.5 Å². The Kier molecular flexibility index (Phi) is 3.26. The molecule has 2 aromatic carbocycles. The molecule has 6 heteroatoms. The van der Waals surface area contributed by atoms with Crippen LogP contribution >= 0.6 is 11.6 Å². The van der Waals surface area contributed by atoms with Crippen LogP contribution in [0, 0.1) is 0 Å². The molecule has 0 saturated heterocycles. The number of nitrogens with zero attached hydrogens (tertiary/aromatic N) is 3. The summed E-state index contributed by atoms with van der Waals surface area (Å²) in [5.74, 6) is 0.434. The molecule has 0 aliphatic carbocycles. The summed E-state index contributed by atoms with van der Waals surface area (Å²) in [7, 11) is 0. The zero-order valence-corrected chi connectivity index (χ0v) is 11.2. The lowest BCUT2D eigenvalue weighted by molar-refractivity contribution is 0.443. The summed E-state index contributed by atoms with van der Waals surface area (Å²) in [5, 5.41) is 4.77. The fraction of sp³-hybridized carbons (Fsp3) is 0. The molecule has 0 amide bonds. The van der Waals surface area contributed by atoms with Crippen LogP contribution in [0.1, 0.15) is 0 Å². The van der Waals surface area contributed by atoms with E-state index >= 15 is 0 Å². The van der Waals surface area contributed by atoms with Crippen LogP contribution in [-0.4, -0.2) is 14.8 Å². The summed E-state index contributed by atoms with van der Waals surface area (Å²) >= 11 is 5.90. The Morgan fingerprint density at radius 2 is 1.90 bits per heavy atom. The van der Waals surface area contributed by atoms with E-state index in [1.807, 2.05) is 30.3 Å². The van der Waals surface area contributed by atoms with Gasteiger partial charge in [-0.1, -0.05) is 29.8 Å². The molecule has 0 fully saturated rings. The van der Waals surface area contributed by atoms with Gasteiger partial charge < -0.3 is 10.5 Å². The average molecular weight is 287 g/mol. The van der Waals surface area contributed by atoms with Gasteiger partial charge in [0.2, 0.25) is 0 Å². The van der Waals surface area contributed by atoms with Crippen LogP contribution in [0.5, 0.6) is 11.8 Å². The number of rotatable bonds is 3. The zero-order valence-electron chi connectivity index (χ0n) is 10.4. The standard InChI is InChI=1S/C14H11ClN4O/c15-10-6-7-12(16)13(8-10)20-14-17-9-19(18-14)11-4-2-1-3-5-11/h1-9H,16H2. The highest BCUT2D eigenvalue weighted by atomic mass is 35.5. The number of hydrogen-bond donors (Lipinski definition) is 1. The minimum absolute atomic E-state index is 0.211. The van der Waals surface area contributed by atoms with Crippen molar-refractivity contribution >= 4 is 17.3 Å². The van der Waals surface area contributed by atoms with Gasteiger partial charge in [-0.05, 0) is 24.3 Å². The fourth-order valence-electron chi connectivity index (χ4n) is 1.69. The lowest BCUT2D eigenvalue weighted by Crippen LogP contribution is -1.96. The molecule has 0 aliphatic rings. The molecule has 0 radical (unpaired) electrons. The first kappa shape index (κ1) is 12.5. The maximum absolute atomic E-state index is 5.90. The second-order valence-electron chi connectivity index (χ2n) is 4.09. The van der Waals surface area contributed by atoms with Crippen LogP contribution in [0.4, 0.5) is 5.69 Å². The molecule has 1 aromatic heterocycles. The van der Waals surface area contributed by atoms with Gasteiger partial charge in [-0.2, -0.15) is 4.98 Å². The van der Waals surface area contributed by atoms with Crippen LogP contribution in [0.25, 0.3) is 5.69 Å². The highest BCUT2D eigenvalue weighted by Crippen LogP contribution is 2.28. The summed E-state index contributed by atoms with van der Waals surface area (Å²) in [6.45, 7) is 0. The molecular formula is C14H11ClN4O. The number of halogens is 1. The molecule has 100 valence electrons. The highest BCUT2D eigenvalue weighted by Gasteiger charge is 2.08. The Bertz CT molecular complexity index is 727. The predicted molar refractivity (Wildman–Crippen MR) is 77.3 cm³/mol. The SMILES string of the molecule is Nc1ccc(Cl)cc1Oc1ncn(-c2ccccc2)n1. The summed E-state index contributed by atoms with van der Waals surface area (Å²) < 4.78 is 7.16. The van der Waals surface area contributed by atoms with Gasteiger partial charge in [-0.3, -0.25) is 0 Å². The number of aromatic nitrogens is 3. The number of hydrogen-bond acceptors (Lipinski definition) is 4. The average Bonchev–Trinajstić information content (AvgIpc) is 2.92. The highest BCUT2D eigenvalue weighted by molar-refractivity contribution is 6.30. The van der Waals surface area contributed by atoms with E-state index in [9.17, 15) is 0 Å². The monoisotopic (exact) mass is 286 g/mol. The molecule has 0 unspecified atom stereocenters. The predicted octanol–water partition coefficient (Wildman–Crippen LogP) is 3.30. The van der Waals surface area contributed by atoms with Gasteiger partial charge in [0.1, 0.15) is 6.33 Å². The van der Waals surface area contributed by atoms with Crippen molar-refractivity contribution in [1.82, 2.24) is 14.8 Å². The Morgan fingerprint density at radius 3 is 2.70 bits per heavy atom. The number of ether oxygens (including phenoxy) is 1. The Balaban J connectivity index is 1.86. The number of nitrogen functional groups attached to an aromatic ring is 1. The lowest BCUT2D eigenvalue weighted by atomic mass is 10.3. The summed E-state index contributed by atoms with van der Waals surface area (Å²) in [5.41, 5.74) is 7.18. The third-order valence-corrected chi connectivity index (χ3v) is 2.90. The van der Waals surface area contributed by atoms with E-state index in [-0.39, 0.29) is 6.01 Å². The minimum Gasteiger partial charge on any atom is -0.421 e. The fourth-order valence-corrected chi connectivity index (χ4v) is 1.86. The first-order valence-corrected chi connectivity index (χ1v) is 6.30. The summed E-state index contributed by atoms with van der Waals surface area (Å²) in [6, 6.07) is 14.8. The van der Waals surface area contributed by atoms with Crippen molar-refractivity contribution in [3.05, 3.63) is 59.9 Å². The molecular weight excluding hydrogens is 276 g/mol. The van der Waals surface area contributed by atoms with Gasteiger partial charge in [0.25, 0.3) is 0 Å². The Hall–Kier alpha value is -2.53. The molecule has 5 nitrogen and oxygen atoms in total. The molecule has 0 saturated carbocycles. The Morgan fingerprint density at radius 1 is 1.10 bits per heavy atom. The largest absolute Gasteiger partial charge is 0.421 e. The summed E-state index contributed by atoms with van der Waals surface area (Å²) in [6.07, 6.45) is 1.57. The van der Waals surface area contributed by atoms with E-state index in [1.165, 1.54) is 0 Å². The molecule has 1 heterocycles. The molecule has 3 rings (SSSR count). The number of nitrogens with two attached hydrogens (primary N) is 1. The second kappa shape index (κ2) is 5.22. The van der Waals surface area contributed by atoms with Crippen molar-refractivity contribution < 1.29 is 4.74 Å². The van der Waals surface area contributed by atoms with Crippen LogP contribution in [0.3, 0.4) is 0 Å². The van der Waals surface area contributed by atoms with Gasteiger partial charge in [0, 0.05) is 11.1 Å².